The van der Waals surface area contributed by atoms with Crippen molar-refractivity contribution in [2.24, 2.45) is 5.92 Å². The summed E-state index contributed by atoms with van der Waals surface area (Å²) in [7, 11) is 0. The maximum absolute atomic E-state index is 12.5. The van der Waals surface area contributed by atoms with E-state index in [1.807, 2.05) is 32.0 Å². The number of amides is 2. The van der Waals surface area contributed by atoms with Crippen molar-refractivity contribution in [2.75, 3.05) is 16.8 Å². The molecule has 2 aromatic carbocycles. The number of alkyl halides is 3. The Kier molecular flexibility index (Phi) is 5.31. The van der Waals surface area contributed by atoms with E-state index >= 15 is 0 Å². The number of hydrogen-bond donors (Lipinski definition) is 1. The molecule has 1 aliphatic rings. The second-order valence-electron chi connectivity index (χ2n) is 6.69. The number of aryl methyl sites for hydroxylation is 1. The Morgan fingerprint density at radius 2 is 1.82 bits per heavy atom. The summed E-state index contributed by atoms with van der Waals surface area (Å²) in [5.74, 6) is -1.41. The van der Waals surface area contributed by atoms with Gasteiger partial charge < -0.3 is 15.0 Å². The number of carbonyl (C=O) groups excluding carboxylic acids is 2. The Labute approximate surface area is 160 Å². The van der Waals surface area contributed by atoms with Crippen molar-refractivity contribution in [3.05, 3.63) is 53.6 Å². The van der Waals surface area contributed by atoms with E-state index in [4.69, 9.17) is 0 Å². The number of halogens is 3. The Morgan fingerprint density at radius 3 is 2.46 bits per heavy atom. The van der Waals surface area contributed by atoms with Crippen molar-refractivity contribution in [2.45, 2.75) is 26.6 Å². The Hall–Kier alpha value is -3.03. The predicted octanol–water partition coefficient (Wildman–Crippen LogP) is 4.19. The van der Waals surface area contributed by atoms with Crippen LogP contribution in [0.25, 0.3) is 0 Å². The van der Waals surface area contributed by atoms with Crippen molar-refractivity contribution < 1.29 is 27.5 Å². The van der Waals surface area contributed by atoms with Crippen molar-refractivity contribution in [3.8, 4) is 5.75 Å². The number of anilines is 2. The molecule has 0 aromatic heterocycles. The van der Waals surface area contributed by atoms with Crippen molar-refractivity contribution in [1.29, 1.82) is 0 Å². The highest BCUT2D eigenvalue weighted by atomic mass is 19.4. The van der Waals surface area contributed by atoms with Crippen LogP contribution in [0.5, 0.6) is 5.75 Å². The molecule has 0 unspecified atom stereocenters. The molecule has 1 saturated heterocycles. The first-order valence-corrected chi connectivity index (χ1v) is 8.67. The number of ether oxygens (including phenoxy) is 1. The lowest BCUT2D eigenvalue weighted by atomic mass is 10.1. The van der Waals surface area contributed by atoms with Crippen LogP contribution in [0.1, 0.15) is 17.5 Å². The summed E-state index contributed by atoms with van der Waals surface area (Å²) in [5, 5.41) is 2.64. The van der Waals surface area contributed by atoms with Crippen LogP contribution in [-0.4, -0.2) is 24.7 Å². The van der Waals surface area contributed by atoms with Crippen molar-refractivity contribution >= 4 is 23.2 Å². The molecule has 1 N–H and O–H groups in total. The van der Waals surface area contributed by atoms with Crippen molar-refractivity contribution in [1.82, 2.24) is 0 Å². The molecule has 0 aliphatic carbocycles. The fourth-order valence-electron chi connectivity index (χ4n) is 3.13. The van der Waals surface area contributed by atoms with E-state index < -0.39 is 12.3 Å². The third kappa shape index (κ3) is 4.44. The SMILES string of the molecule is Cc1cccc(N2C[C@H](C(=O)Nc3ccc(OC(F)(F)F)cc3)CC2=O)c1C. The van der Waals surface area contributed by atoms with Gasteiger partial charge in [0.05, 0.1) is 5.92 Å². The summed E-state index contributed by atoms with van der Waals surface area (Å²) in [5.41, 5.74) is 3.16. The van der Waals surface area contributed by atoms with Crippen LogP contribution in [0.3, 0.4) is 0 Å². The minimum atomic E-state index is -4.77. The maximum Gasteiger partial charge on any atom is 0.573 e. The second-order valence-corrected chi connectivity index (χ2v) is 6.69. The summed E-state index contributed by atoms with van der Waals surface area (Å²) >= 11 is 0. The van der Waals surface area contributed by atoms with Crippen LogP contribution in [0.2, 0.25) is 0 Å². The van der Waals surface area contributed by atoms with E-state index in [-0.39, 0.29) is 30.5 Å². The molecule has 1 heterocycles. The Bertz CT molecular complexity index is 895. The zero-order valence-electron chi connectivity index (χ0n) is 15.3. The minimum absolute atomic E-state index is 0.0779. The first-order chi connectivity index (χ1) is 13.1. The third-order valence-electron chi connectivity index (χ3n) is 4.72. The molecule has 0 saturated carbocycles. The average Bonchev–Trinajstić information content (AvgIpc) is 2.99. The van der Waals surface area contributed by atoms with Gasteiger partial charge in [-0.2, -0.15) is 0 Å². The molecule has 2 amide bonds. The van der Waals surface area contributed by atoms with Gasteiger partial charge in [-0.25, -0.2) is 0 Å². The highest BCUT2D eigenvalue weighted by Gasteiger charge is 2.36. The fourth-order valence-corrected chi connectivity index (χ4v) is 3.13. The molecule has 0 bridgehead atoms. The van der Waals surface area contributed by atoms with Gasteiger partial charge in [0.1, 0.15) is 5.75 Å². The summed E-state index contributed by atoms with van der Waals surface area (Å²) < 4.78 is 40.4. The monoisotopic (exact) mass is 392 g/mol. The molecule has 28 heavy (non-hydrogen) atoms. The molecule has 1 atom stereocenters. The number of nitrogens with one attached hydrogen (secondary N) is 1. The van der Waals surface area contributed by atoms with Gasteiger partial charge in [-0.3, -0.25) is 9.59 Å². The van der Waals surface area contributed by atoms with Crippen LogP contribution in [0, 0.1) is 19.8 Å². The number of carbonyl (C=O) groups is 2. The van der Waals surface area contributed by atoms with Crippen LogP contribution >= 0.6 is 0 Å². The normalized spacial score (nSPS) is 17.0. The molecule has 1 aliphatic heterocycles. The standard InChI is InChI=1S/C20H19F3N2O3/c1-12-4-3-5-17(13(12)2)25-11-14(10-18(25)26)19(27)24-15-6-8-16(9-7-15)28-20(21,22)23/h3-9,14H,10-11H2,1-2H3,(H,24,27)/t14-/m1/s1. The second kappa shape index (κ2) is 7.53. The summed E-state index contributed by atoms with van der Waals surface area (Å²) in [4.78, 5) is 26.5. The molecular weight excluding hydrogens is 373 g/mol. The first-order valence-electron chi connectivity index (χ1n) is 8.67. The van der Waals surface area contributed by atoms with E-state index in [2.05, 4.69) is 10.1 Å². The lowest BCUT2D eigenvalue weighted by Gasteiger charge is -2.20. The largest absolute Gasteiger partial charge is 0.573 e. The predicted molar refractivity (Wildman–Crippen MR) is 98.1 cm³/mol. The number of hydrogen-bond acceptors (Lipinski definition) is 3. The number of nitrogens with zero attached hydrogens (tertiary/aromatic N) is 1. The van der Waals surface area contributed by atoms with Crippen LogP contribution in [0.15, 0.2) is 42.5 Å². The third-order valence-corrected chi connectivity index (χ3v) is 4.72. The highest BCUT2D eigenvalue weighted by Crippen LogP contribution is 2.30. The van der Waals surface area contributed by atoms with E-state index in [9.17, 15) is 22.8 Å². The number of benzene rings is 2. The molecule has 1 fully saturated rings. The molecule has 0 spiro atoms. The topological polar surface area (TPSA) is 58.6 Å². The van der Waals surface area contributed by atoms with Crippen molar-refractivity contribution in [3.63, 3.8) is 0 Å². The van der Waals surface area contributed by atoms with Gasteiger partial charge >= 0.3 is 6.36 Å². The van der Waals surface area contributed by atoms with Gasteiger partial charge in [0, 0.05) is 24.3 Å². The lowest BCUT2D eigenvalue weighted by Crippen LogP contribution is -2.28. The molecule has 3 rings (SSSR count). The molecule has 2 aromatic rings. The lowest BCUT2D eigenvalue weighted by molar-refractivity contribution is -0.274. The molecular formula is C20H19F3N2O3. The van der Waals surface area contributed by atoms with Crippen LogP contribution in [-0.2, 0) is 9.59 Å². The van der Waals surface area contributed by atoms with Gasteiger partial charge in [0.15, 0.2) is 0 Å². The van der Waals surface area contributed by atoms with Gasteiger partial charge in [0.2, 0.25) is 11.8 Å². The van der Waals surface area contributed by atoms with Gasteiger partial charge in [-0.05, 0) is 55.3 Å². The van der Waals surface area contributed by atoms with E-state index in [0.29, 0.717) is 5.69 Å². The Morgan fingerprint density at radius 1 is 1.14 bits per heavy atom. The smallest absolute Gasteiger partial charge is 0.406 e. The Balaban J connectivity index is 1.66. The molecule has 8 heteroatoms. The first kappa shape index (κ1) is 19.7. The zero-order valence-corrected chi connectivity index (χ0v) is 15.3. The quantitative estimate of drug-likeness (QED) is 0.849. The maximum atomic E-state index is 12.5. The summed E-state index contributed by atoms with van der Waals surface area (Å²) in [6.07, 6.45) is -4.69. The van der Waals surface area contributed by atoms with Gasteiger partial charge in [-0.1, -0.05) is 12.1 Å². The zero-order chi connectivity index (χ0) is 20.5. The highest BCUT2D eigenvalue weighted by molar-refractivity contribution is 6.03. The van der Waals surface area contributed by atoms with Gasteiger partial charge in [-0.15, -0.1) is 13.2 Å². The van der Waals surface area contributed by atoms with E-state index in [1.165, 1.54) is 12.1 Å². The molecule has 0 radical (unpaired) electrons. The summed E-state index contributed by atoms with van der Waals surface area (Å²) in [6, 6.07) is 10.5. The minimum Gasteiger partial charge on any atom is -0.406 e. The number of rotatable bonds is 4. The fraction of sp³-hybridized carbons (Fsp3) is 0.300. The molecule has 148 valence electrons. The van der Waals surface area contributed by atoms with Crippen LogP contribution in [0.4, 0.5) is 24.5 Å². The average molecular weight is 392 g/mol. The van der Waals surface area contributed by atoms with Crippen LogP contribution < -0.4 is 15.0 Å². The van der Waals surface area contributed by atoms with Gasteiger partial charge in [0.25, 0.3) is 0 Å². The van der Waals surface area contributed by atoms with E-state index in [0.717, 1.165) is 28.9 Å². The summed E-state index contributed by atoms with van der Waals surface area (Å²) in [6.45, 7) is 4.13. The molecule has 5 nitrogen and oxygen atoms in total. The van der Waals surface area contributed by atoms with E-state index in [1.54, 1.807) is 4.90 Å².